The second kappa shape index (κ2) is 7.85. The normalized spacial score (nSPS) is 12.1. The van der Waals surface area contributed by atoms with E-state index in [1.807, 2.05) is 37.3 Å². The zero-order valence-electron chi connectivity index (χ0n) is 10.6. The smallest absolute Gasteiger partial charge is 0.319 e. The van der Waals surface area contributed by atoms with Crippen LogP contribution in [0.2, 0.25) is 0 Å². The lowest BCUT2D eigenvalue weighted by atomic mass is 10.1. The van der Waals surface area contributed by atoms with Gasteiger partial charge in [-0.1, -0.05) is 43.7 Å². The minimum absolute atomic E-state index is 0.162. The van der Waals surface area contributed by atoms with Crippen LogP contribution in [0.15, 0.2) is 30.3 Å². The Kier molecular flexibility index (Phi) is 6.33. The molecule has 0 amide bonds. The van der Waals surface area contributed by atoms with Gasteiger partial charge in [-0.15, -0.1) is 0 Å². The lowest BCUT2D eigenvalue weighted by Crippen LogP contribution is -2.27. The summed E-state index contributed by atoms with van der Waals surface area (Å²) in [6.45, 7) is 4.90. The Bertz CT molecular complexity index is 324. The van der Waals surface area contributed by atoms with E-state index in [0.717, 1.165) is 12.8 Å². The fraction of sp³-hybridized carbons (Fsp3) is 0.500. The van der Waals surface area contributed by atoms with Crippen molar-refractivity contribution in [3.63, 3.8) is 0 Å². The van der Waals surface area contributed by atoms with Crippen LogP contribution in [0.25, 0.3) is 0 Å². The van der Waals surface area contributed by atoms with E-state index >= 15 is 0 Å². The maximum Gasteiger partial charge on any atom is 0.319 e. The van der Waals surface area contributed by atoms with Gasteiger partial charge in [0.25, 0.3) is 0 Å². The lowest BCUT2D eigenvalue weighted by Gasteiger charge is -2.13. The van der Waals surface area contributed by atoms with Crippen molar-refractivity contribution in [1.82, 2.24) is 5.32 Å². The molecular weight excluding hydrogens is 214 g/mol. The van der Waals surface area contributed by atoms with Crippen LogP contribution < -0.4 is 5.32 Å². The van der Waals surface area contributed by atoms with E-state index in [-0.39, 0.29) is 18.6 Å². The molecule has 0 aromatic heterocycles. The van der Waals surface area contributed by atoms with E-state index in [0.29, 0.717) is 6.61 Å². The Balaban J connectivity index is 2.24. The summed E-state index contributed by atoms with van der Waals surface area (Å²) < 4.78 is 5.07. The highest BCUT2D eigenvalue weighted by molar-refractivity contribution is 5.71. The monoisotopic (exact) mass is 235 g/mol. The largest absolute Gasteiger partial charge is 0.465 e. The zero-order valence-corrected chi connectivity index (χ0v) is 10.6. The summed E-state index contributed by atoms with van der Waals surface area (Å²) in [6.07, 6.45) is 1.97. The number of esters is 1. The van der Waals surface area contributed by atoms with Gasteiger partial charge in [0.2, 0.25) is 0 Å². The van der Waals surface area contributed by atoms with Gasteiger partial charge in [0, 0.05) is 6.04 Å². The van der Waals surface area contributed by atoms with Crippen LogP contribution in [0.3, 0.4) is 0 Å². The minimum atomic E-state index is -0.179. The van der Waals surface area contributed by atoms with Gasteiger partial charge in [0.15, 0.2) is 0 Å². The van der Waals surface area contributed by atoms with Crippen LogP contribution in [0.4, 0.5) is 0 Å². The van der Waals surface area contributed by atoms with E-state index in [1.165, 1.54) is 5.56 Å². The van der Waals surface area contributed by atoms with E-state index in [9.17, 15) is 4.79 Å². The number of benzene rings is 1. The van der Waals surface area contributed by atoms with Crippen molar-refractivity contribution in [2.24, 2.45) is 0 Å². The molecule has 0 fully saturated rings. The van der Waals surface area contributed by atoms with Crippen molar-refractivity contribution < 1.29 is 9.53 Å². The number of carbonyl (C=O) groups is 1. The standard InChI is InChI=1S/C14H21NO2/c1-3-4-10-17-14(16)11-15-12(2)13-8-6-5-7-9-13/h5-9,12,15H,3-4,10-11H2,1-2H3/t12-/m0/s1. The third-order valence-corrected chi connectivity index (χ3v) is 2.61. The molecule has 0 aliphatic carbocycles. The molecule has 0 aliphatic heterocycles. The highest BCUT2D eigenvalue weighted by Crippen LogP contribution is 2.10. The predicted octanol–water partition coefficient (Wildman–Crippen LogP) is 2.68. The summed E-state index contributed by atoms with van der Waals surface area (Å²) in [5, 5.41) is 3.15. The number of rotatable bonds is 7. The molecule has 1 aromatic carbocycles. The number of ether oxygens (including phenoxy) is 1. The number of hydrogen-bond acceptors (Lipinski definition) is 3. The average molecular weight is 235 g/mol. The number of nitrogens with one attached hydrogen (secondary N) is 1. The van der Waals surface area contributed by atoms with Gasteiger partial charge in [-0.2, -0.15) is 0 Å². The number of carbonyl (C=O) groups excluding carboxylic acids is 1. The maximum atomic E-state index is 11.4. The fourth-order valence-corrected chi connectivity index (χ4v) is 1.48. The first kappa shape index (κ1) is 13.7. The molecule has 3 heteroatoms. The molecule has 1 N–H and O–H groups in total. The first-order valence-electron chi connectivity index (χ1n) is 6.18. The summed E-state index contributed by atoms with van der Waals surface area (Å²) in [4.78, 5) is 11.4. The fourth-order valence-electron chi connectivity index (χ4n) is 1.48. The van der Waals surface area contributed by atoms with Crippen molar-refractivity contribution in [3.8, 4) is 0 Å². The van der Waals surface area contributed by atoms with Crippen LogP contribution in [0.1, 0.15) is 38.3 Å². The first-order valence-corrected chi connectivity index (χ1v) is 6.18. The molecule has 0 saturated carbocycles. The van der Waals surface area contributed by atoms with Gasteiger partial charge in [0.1, 0.15) is 0 Å². The highest BCUT2D eigenvalue weighted by Gasteiger charge is 2.07. The molecule has 0 saturated heterocycles. The van der Waals surface area contributed by atoms with E-state index < -0.39 is 0 Å². The Morgan fingerprint density at radius 3 is 2.71 bits per heavy atom. The van der Waals surface area contributed by atoms with E-state index in [1.54, 1.807) is 0 Å². The third kappa shape index (κ3) is 5.50. The van der Waals surface area contributed by atoms with E-state index in [2.05, 4.69) is 12.2 Å². The van der Waals surface area contributed by atoms with Crippen molar-refractivity contribution in [3.05, 3.63) is 35.9 Å². The zero-order chi connectivity index (χ0) is 12.5. The molecule has 0 unspecified atom stereocenters. The number of hydrogen-bond donors (Lipinski definition) is 1. The van der Waals surface area contributed by atoms with Crippen LogP contribution in [-0.2, 0) is 9.53 Å². The number of unbranched alkanes of at least 4 members (excludes halogenated alkanes) is 1. The summed E-state index contributed by atoms with van der Waals surface area (Å²) in [5.41, 5.74) is 1.17. The Hall–Kier alpha value is -1.35. The Morgan fingerprint density at radius 2 is 2.06 bits per heavy atom. The third-order valence-electron chi connectivity index (χ3n) is 2.61. The molecule has 0 heterocycles. The van der Waals surface area contributed by atoms with Gasteiger partial charge >= 0.3 is 5.97 Å². The maximum absolute atomic E-state index is 11.4. The topological polar surface area (TPSA) is 38.3 Å². The van der Waals surface area contributed by atoms with Gasteiger partial charge in [-0.05, 0) is 18.9 Å². The molecule has 1 atom stereocenters. The van der Waals surface area contributed by atoms with Gasteiger partial charge in [0.05, 0.1) is 13.2 Å². The van der Waals surface area contributed by atoms with Crippen LogP contribution >= 0.6 is 0 Å². The molecule has 0 spiro atoms. The SMILES string of the molecule is CCCCOC(=O)CN[C@@H](C)c1ccccc1. The quantitative estimate of drug-likeness (QED) is 0.583. The Morgan fingerprint density at radius 1 is 1.35 bits per heavy atom. The van der Waals surface area contributed by atoms with Crippen LogP contribution in [-0.4, -0.2) is 19.1 Å². The second-order valence-electron chi connectivity index (χ2n) is 4.09. The van der Waals surface area contributed by atoms with Gasteiger partial charge in [-0.25, -0.2) is 0 Å². The Labute approximate surface area is 103 Å². The van der Waals surface area contributed by atoms with Gasteiger partial charge < -0.3 is 10.1 Å². The molecular formula is C14H21NO2. The van der Waals surface area contributed by atoms with Crippen LogP contribution in [0.5, 0.6) is 0 Å². The second-order valence-corrected chi connectivity index (χ2v) is 4.09. The summed E-state index contributed by atoms with van der Waals surface area (Å²) in [5.74, 6) is -0.179. The van der Waals surface area contributed by atoms with Crippen molar-refractivity contribution in [2.45, 2.75) is 32.7 Å². The van der Waals surface area contributed by atoms with Gasteiger partial charge in [-0.3, -0.25) is 4.79 Å². The summed E-state index contributed by atoms with van der Waals surface area (Å²) in [6, 6.07) is 10.2. The van der Waals surface area contributed by atoms with Crippen molar-refractivity contribution in [2.75, 3.05) is 13.2 Å². The molecule has 1 aromatic rings. The van der Waals surface area contributed by atoms with Crippen LogP contribution in [0, 0.1) is 0 Å². The summed E-state index contributed by atoms with van der Waals surface area (Å²) in [7, 11) is 0. The summed E-state index contributed by atoms with van der Waals surface area (Å²) >= 11 is 0. The molecule has 3 nitrogen and oxygen atoms in total. The highest BCUT2D eigenvalue weighted by atomic mass is 16.5. The average Bonchev–Trinajstić information content (AvgIpc) is 2.37. The molecule has 0 radical (unpaired) electrons. The minimum Gasteiger partial charge on any atom is -0.465 e. The lowest BCUT2D eigenvalue weighted by molar-refractivity contribution is -0.142. The molecule has 1 rings (SSSR count). The molecule has 0 aliphatic rings. The molecule has 0 bridgehead atoms. The van der Waals surface area contributed by atoms with E-state index in [4.69, 9.17) is 4.74 Å². The van der Waals surface area contributed by atoms with Crippen molar-refractivity contribution in [1.29, 1.82) is 0 Å². The van der Waals surface area contributed by atoms with Crippen molar-refractivity contribution >= 4 is 5.97 Å². The molecule has 17 heavy (non-hydrogen) atoms. The molecule has 94 valence electrons. The first-order chi connectivity index (χ1) is 8.24. The predicted molar refractivity (Wildman–Crippen MR) is 68.7 cm³/mol.